The van der Waals surface area contributed by atoms with Crippen molar-refractivity contribution in [3.8, 4) is 11.3 Å². The maximum absolute atomic E-state index is 13.1. The van der Waals surface area contributed by atoms with Crippen LogP contribution in [0, 0.1) is 0 Å². The second kappa shape index (κ2) is 9.07. The molecule has 2 aromatic rings. The highest BCUT2D eigenvalue weighted by Gasteiger charge is 2.48. The summed E-state index contributed by atoms with van der Waals surface area (Å²) in [5.74, 6) is -0.586. The quantitative estimate of drug-likeness (QED) is 0.532. The number of carbonyl (C=O) groups excluding carboxylic acids is 4. The third-order valence-corrected chi connectivity index (χ3v) is 6.45. The van der Waals surface area contributed by atoms with Crippen molar-refractivity contribution < 1.29 is 19.2 Å². The fourth-order valence-corrected chi connectivity index (χ4v) is 4.62. The average molecular weight is 494 g/mol. The van der Waals surface area contributed by atoms with E-state index in [0.29, 0.717) is 17.9 Å². The first kappa shape index (κ1) is 23.5. The largest absolute Gasteiger partial charge is 0.338 e. The smallest absolute Gasteiger partial charge is 0.328 e. The summed E-state index contributed by atoms with van der Waals surface area (Å²) in [7, 11) is 2.98. The zero-order valence-electron chi connectivity index (χ0n) is 20.1. The van der Waals surface area contributed by atoms with Crippen LogP contribution in [-0.4, -0.2) is 93.5 Å². The number of hydrogen-bond acceptors (Lipinski definition) is 8. The summed E-state index contributed by atoms with van der Waals surface area (Å²) in [6, 6.07) is 9.89. The molecule has 1 aromatic carbocycles. The molecule has 0 spiro atoms. The number of nitrogens with zero attached hydrogens (tertiary/aromatic N) is 6. The van der Waals surface area contributed by atoms with Gasteiger partial charge in [-0.3, -0.25) is 24.6 Å². The van der Waals surface area contributed by atoms with Crippen LogP contribution in [0.25, 0.3) is 11.3 Å². The van der Waals surface area contributed by atoms with E-state index < -0.39 is 36.3 Å². The molecule has 5 amide bonds. The summed E-state index contributed by atoms with van der Waals surface area (Å²) in [6.07, 6.45) is 0.418. The normalized spacial score (nSPS) is 25.8. The van der Waals surface area contributed by atoms with Gasteiger partial charge in [-0.1, -0.05) is 30.3 Å². The first-order valence-corrected chi connectivity index (χ1v) is 11.6. The molecule has 13 nitrogen and oxygen atoms in total. The molecule has 4 heterocycles. The topological polar surface area (TPSA) is 144 Å². The van der Waals surface area contributed by atoms with Crippen LogP contribution in [0.2, 0.25) is 0 Å². The first-order chi connectivity index (χ1) is 17.2. The van der Waals surface area contributed by atoms with Crippen LogP contribution < -0.4 is 16.0 Å². The highest BCUT2D eigenvalue weighted by molar-refractivity contribution is 6.02. The lowest BCUT2D eigenvalue weighted by molar-refractivity contribution is -0.136. The van der Waals surface area contributed by atoms with E-state index in [1.807, 2.05) is 37.3 Å². The van der Waals surface area contributed by atoms with E-state index in [-0.39, 0.29) is 18.5 Å². The van der Waals surface area contributed by atoms with Crippen LogP contribution >= 0.6 is 0 Å². The SMILES string of the molecule is CC1CC(=O)NC(n2nc(-c3ccccc3)cc2NC(=O)CN2C=NC3C2C(=O)N(C)C(=O)N3C)N1. The van der Waals surface area contributed by atoms with Crippen LogP contribution in [0.4, 0.5) is 10.6 Å². The number of rotatable bonds is 5. The molecule has 4 unspecified atom stereocenters. The number of likely N-dealkylation sites (N-methyl/N-ethyl adjacent to an activating group) is 2. The summed E-state index contributed by atoms with van der Waals surface area (Å²) >= 11 is 0. The fourth-order valence-electron chi connectivity index (χ4n) is 4.62. The molecule has 13 heteroatoms. The predicted octanol–water partition coefficient (Wildman–Crippen LogP) is 0.00510. The highest BCUT2D eigenvalue weighted by Crippen LogP contribution is 2.26. The standard InChI is InChI=1S/C23H27N9O4/c1-13-9-17(33)27-22(25-13)32-16(10-15(28-32)14-7-5-4-6-8-14)26-18(34)11-31-12-24-20-19(31)21(35)30(3)23(36)29(20)2/h4-8,10,12-13,19-20,22,25H,9,11H2,1-3H3,(H,26,34)(H,27,33). The van der Waals surface area contributed by atoms with E-state index in [1.165, 1.54) is 27.9 Å². The van der Waals surface area contributed by atoms with Crippen molar-refractivity contribution in [3.63, 3.8) is 0 Å². The van der Waals surface area contributed by atoms with Crippen LogP contribution in [0.15, 0.2) is 41.4 Å². The minimum absolute atomic E-state index is 0.0802. The van der Waals surface area contributed by atoms with Crippen molar-refractivity contribution in [2.75, 3.05) is 26.0 Å². The van der Waals surface area contributed by atoms with Crippen molar-refractivity contribution >= 4 is 35.9 Å². The Morgan fingerprint density at radius 2 is 1.92 bits per heavy atom. The lowest BCUT2D eigenvalue weighted by Gasteiger charge is -2.39. The van der Waals surface area contributed by atoms with Crippen molar-refractivity contribution in [1.29, 1.82) is 0 Å². The molecule has 0 saturated carbocycles. The minimum Gasteiger partial charge on any atom is -0.338 e. The predicted molar refractivity (Wildman–Crippen MR) is 129 cm³/mol. The molecular formula is C23H27N9O4. The zero-order chi connectivity index (χ0) is 25.6. The number of anilines is 1. The minimum atomic E-state index is -0.784. The average Bonchev–Trinajstić information content (AvgIpc) is 3.46. The van der Waals surface area contributed by atoms with Gasteiger partial charge in [-0.15, -0.1) is 0 Å². The van der Waals surface area contributed by atoms with Gasteiger partial charge in [0.05, 0.1) is 18.6 Å². The molecule has 0 radical (unpaired) electrons. The van der Waals surface area contributed by atoms with Crippen molar-refractivity contribution in [2.45, 2.75) is 37.9 Å². The van der Waals surface area contributed by atoms with E-state index in [9.17, 15) is 19.2 Å². The Morgan fingerprint density at radius 1 is 1.17 bits per heavy atom. The van der Waals surface area contributed by atoms with Crippen molar-refractivity contribution in [2.24, 2.45) is 4.99 Å². The molecule has 2 fully saturated rings. The number of benzene rings is 1. The molecular weight excluding hydrogens is 466 g/mol. The van der Waals surface area contributed by atoms with E-state index in [1.54, 1.807) is 13.1 Å². The maximum Gasteiger partial charge on any atom is 0.328 e. The molecule has 2 saturated heterocycles. The van der Waals surface area contributed by atoms with Crippen LogP contribution in [-0.2, 0) is 14.4 Å². The van der Waals surface area contributed by atoms with E-state index in [0.717, 1.165) is 10.5 Å². The second-order valence-electron chi connectivity index (χ2n) is 9.10. The van der Waals surface area contributed by atoms with Gasteiger partial charge < -0.3 is 20.4 Å². The molecule has 1 aromatic heterocycles. The summed E-state index contributed by atoms with van der Waals surface area (Å²) in [4.78, 5) is 58.5. The van der Waals surface area contributed by atoms with E-state index >= 15 is 0 Å². The zero-order valence-corrected chi connectivity index (χ0v) is 20.1. The van der Waals surface area contributed by atoms with Crippen molar-refractivity contribution in [3.05, 3.63) is 36.4 Å². The van der Waals surface area contributed by atoms with Gasteiger partial charge in [-0.25, -0.2) is 14.5 Å². The van der Waals surface area contributed by atoms with Gasteiger partial charge in [0, 0.05) is 38.2 Å². The summed E-state index contributed by atoms with van der Waals surface area (Å²) in [5.41, 5.74) is 1.46. The van der Waals surface area contributed by atoms with E-state index in [2.05, 4.69) is 26.0 Å². The molecule has 0 bridgehead atoms. The van der Waals surface area contributed by atoms with Gasteiger partial charge in [-0.05, 0) is 6.92 Å². The Labute approximate surface area is 207 Å². The Morgan fingerprint density at radius 3 is 2.64 bits per heavy atom. The Kier molecular flexibility index (Phi) is 5.92. The third kappa shape index (κ3) is 4.17. The maximum atomic E-state index is 13.1. The molecule has 3 N–H and O–H groups in total. The van der Waals surface area contributed by atoms with Gasteiger partial charge >= 0.3 is 6.03 Å². The number of aromatic nitrogens is 2. The first-order valence-electron chi connectivity index (χ1n) is 11.6. The molecule has 4 atom stereocenters. The lowest BCUT2D eigenvalue weighted by Crippen LogP contribution is -2.64. The highest BCUT2D eigenvalue weighted by atomic mass is 16.2. The van der Waals surface area contributed by atoms with Crippen LogP contribution in [0.5, 0.6) is 0 Å². The van der Waals surface area contributed by atoms with Crippen molar-refractivity contribution in [1.82, 2.24) is 35.1 Å². The van der Waals surface area contributed by atoms with Gasteiger partial charge in [-0.2, -0.15) is 5.10 Å². The number of imide groups is 1. The Hall–Kier alpha value is -4.26. The number of carbonyl (C=O) groups is 4. The number of nitrogens with one attached hydrogen (secondary N) is 3. The second-order valence-corrected chi connectivity index (χ2v) is 9.10. The van der Waals surface area contributed by atoms with Gasteiger partial charge in [0.2, 0.25) is 11.8 Å². The molecule has 3 aliphatic rings. The monoisotopic (exact) mass is 493 g/mol. The number of amides is 5. The van der Waals surface area contributed by atoms with Crippen LogP contribution in [0.1, 0.15) is 19.6 Å². The summed E-state index contributed by atoms with van der Waals surface area (Å²) in [6.45, 7) is 1.73. The molecule has 5 rings (SSSR count). The summed E-state index contributed by atoms with van der Waals surface area (Å²) < 4.78 is 1.53. The van der Waals surface area contributed by atoms with Gasteiger partial charge in [0.25, 0.3) is 5.91 Å². The van der Waals surface area contributed by atoms with E-state index in [4.69, 9.17) is 0 Å². The van der Waals surface area contributed by atoms with Gasteiger partial charge in [0.1, 0.15) is 5.82 Å². The van der Waals surface area contributed by atoms with Crippen LogP contribution in [0.3, 0.4) is 0 Å². The number of urea groups is 1. The number of aliphatic imine (C=N–C) groups is 1. The fraction of sp³-hybridized carbons (Fsp3) is 0.391. The molecule has 3 aliphatic heterocycles. The molecule has 188 valence electrons. The lowest BCUT2D eigenvalue weighted by atomic mass is 10.1. The number of hydrogen-bond donors (Lipinski definition) is 3. The van der Waals surface area contributed by atoms with Gasteiger partial charge in [0.15, 0.2) is 18.5 Å². The Bertz CT molecular complexity index is 1240. The Balaban J connectivity index is 1.38. The number of fused-ring (bicyclic) bond motifs is 1. The summed E-state index contributed by atoms with van der Waals surface area (Å²) in [5, 5.41) is 13.6. The molecule has 0 aliphatic carbocycles. The third-order valence-electron chi connectivity index (χ3n) is 6.45. The molecule has 36 heavy (non-hydrogen) atoms.